The molecule has 1 N–H and O–H groups in total. The Morgan fingerprint density at radius 1 is 1.40 bits per heavy atom. The van der Waals surface area contributed by atoms with Crippen LogP contribution in [0.15, 0.2) is 0 Å². The van der Waals surface area contributed by atoms with Gasteiger partial charge in [-0.1, -0.05) is 6.42 Å². The lowest BCUT2D eigenvalue weighted by molar-refractivity contribution is -0.129. The van der Waals surface area contributed by atoms with E-state index >= 15 is 0 Å². The van der Waals surface area contributed by atoms with Gasteiger partial charge in [-0.05, 0) is 38.5 Å². The van der Waals surface area contributed by atoms with E-state index in [-0.39, 0.29) is 5.91 Å². The third kappa shape index (κ3) is 2.71. The highest BCUT2D eigenvalue weighted by Crippen LogP contribution is 2.29. The molecule has 1 atom stereocenters. The van der Waals surface area contributed by atoms with Crippen LogP contribution in [0.1, 0.15) is 39.0 Å². The maximum Gasteiger partial charge on any atom is 0.236 e. The molecule has 15 heavy (non-hydrogen) atoms. The molecule has 2 aliphatic carbocycles. The third-order valence-corrected chi connectivity index (χ3v) is 3.92. The molecule has 3 heteroatoms. The van der Waals surface area contributed by atoms with Gasteiger partial charge in [-0.3, -0.25) is 4.79 Å². The van der Waals surface area contributed by atoms with E-state index in [2.05, 4.69) is 12.2 Å². The molecule has 0 aromatic rings. The zero-order chi connectivity index (χ0) is 10.8. The predicted octanol–water partition coefficient (Wildman–Crippen LogP) is 1.39. The van der Waals surface area contributed by atoms with Crippen LogP contribution in [0, 0.1) is 5.92 Å². The lowest BCUT2D eigenvalue weighted by Crippen LogP contribution is -2.43. The first kappa shape index (κ1) is 10.9. The van der Waals surface area contributed by atoms with Crippen LogP contribution in [0.3, 0.4) is 0 Å². The van der Waals surface area contributed by atoms with Crippen LogP contribution in [0.2, 0.25) is 0 Å². The molecule has 3 nitrogen and oxygen atoms in total. The molecule has 2 fully saturated rings. The van der Waals surface area contributed by atoms with Crippen LogP contribution in [0.4, 0.5) is 0 Å². The van der Waals surface area contributed by atoms with Gasteiger partial charge in [0.05, 0.1) is 6.54 Å². The molecule has 0 spiro atoms. The molecule has 0 bridgehead atoms. The average molecular weight is 210 g/mol. The van der Waals surface area contributed by atoms with Crippen molar-refractivity contribution in [3.63, 3.8) is 0 Å². The van der Waals surface area contributed by atoms with Crippen molar-refractivity contribution in [2.45, 2.75) is 51.1 Å². The summed E-state index contributed by atoms with van der Waals surface area (Å²) in [5.74, 6) is 1.06. The molecule has 0 aromatic heterocycles. The normalized spacial score (nSPS) is 23.3. The van der Waals surface area contributed by atoms with Gasteiger partial charge in [0.25, 0.3) is 0 Å². The number of nitrogens with zero attached hydrogens (tertiary/aromatic N) is 1. The second-order valence-corrected chi connectivity index (χ2v) is 5.10. The van der Waals surface area contributed by atoms with Crippen molar-refractivity contribution in [2.24, 2.45) is 5.92 Å². The molecule has 0 heterocycles. The monoisotopic (exact) mass is 210 g/mol. The molecular weight excluding hydrogens is 188 g/mol. The van der Waals surface area contributed by atoms with E-state index in [0.717, 1.165) is 5.92 Å². The van der Waals surface area contributed by atoms with E-state index in [1.807, 2.05) is 11.9 Å². The zero-order valence-electron chi connectivity index (χ0n) is 9.83. The van der Waals surface area contributed by atoms with Crippen molar-refractivity contribution < 1.29 is 4.79 Å². The van der Waals surface area contributed by atoms with Crippen LogP contribution >= 0.6 is 0 Å². The predicted molar refractivity (Wildman–Crippen MR) is 60.6 cm³/mol. The lowest BCUT2D eigenvalue weighted by atomic mass is 9.80. The molecule has 1 amide bonds. The number of hydrogen-bond donors (Lipinski definition) is 1. The molecule has 1 unspecified atom stereocenters. The summed E-state index contributed by atoms with van der Waals surface area (Å²) in [5, 5.41) is 3.36. The fourth-order valence-corrected chi connectivity index (χ4v) is 2.14. The standard InChI is InChI=1S/C12H22N2O/c1-9(10-4-3-5-10)13-8-12(15)14(2)11-6-7-11/h9-11,13H,3-8H2,1-2H3. The summed E-state index contributed by atoms with van der Waals surface area (Å²) in [6.07, 6.45) is 6.43. The minimum atomic E-state index is 0.253. The number of likely N-dealkylation sites (N-methyl/N-ethyl adjacent to an activating group) is 1. The molecular formula is C12H22N2O. The summed E-state index contributed by atoms with van der Waals surface area (Å²) in [5.41, 5.74) is 0. The largest absolute Gasteiger partial charge is 0.342 e. The average Bonchev–Trinajstić information content (AvgIpc) is 2.93. The Morgan fingerprint density at radius 3 is 2.53 bits per heavy atom. The molecule has 0 aliphatic heterocycles. The summed E-state index contributed by atoms with van der Waals surface area (Å²) < 4.78 is 0. The van der Waals surface area contributed by atoms with Crippen LogP contribution in [-0.4, -0.2) is 36.5 Å². The highest BCUT2D eigenvalue weighted by molar-refractivity contribution is 5.78. The molecule has 2 saturated carbocycles. The van der Waals surface area contributed by atoms with Gasteiger partial charge in [0.2, 0.25) is 5.91 Å². The quantitative estimate of drug-likeness (QED) is 0.743. The number of amides is 1. The Kier molecular flexibility index (Phi) is 3.29. The van der Waals surface area contributed by atoms with Gasteiger partial charge in [0.1, 0.15) is 0 Å². The van der Waals surface area contributed by atoms with Crippen LogP contribution < -0.4 is 5.32 Å². The fourth-order valence-electron chi connectivity index (χ4n) is 2.14. The zero-order valence-corrected chi connectivity index (χ0v) is 9.83. The smallest absolute Gasteiger partial charge is 0.236 e. The second-order valence-electron chi connectivity index (χ2n) is 5.10. The van der Waals surface area contributed by atoms with Crippen LogP contribution in [0.5, 0.6) is 0 Å². The maximum atomic E-state index is 11.7. The minimum absolute atomic E-state index is 0.253. The van der Waals surface area contributed by atoms with E-state index in [1.165, 1.54) is 32.1 Å². The molecule has 2 rings (SSSR count). The number of hydrogen-bond acceptors (Lipinski definition) is 2. The second kappa shape index (κ2) is 4.52. The van der Waals surface area contributed by atoms with Gasteiger partial charge in [-0.2, -0.15) is 0 Å². The third-order valence-electron chi connectivity index (χ3n) is 3.92. The van der Waals surface area contributed by atoms with Crippen molar-refractivity contribution in [3.05, 3.63) is 0 Å². The SMILES string of the molecule is CC(NCC(=O)N(C)C1CC1)C1CCC1. The summed E-state index contributed by atoms with van der Waals surface area (Å²) in [6, 6.07) is 1.05. The first-order chi connectivity index (χ1) is 7.18. The van der Waals surface area contributed by atoms with E-state index < -0.39 is 0 Å². The van der Waals surface area contributed by atoms with Crippen molar-refractivity contribution in [1.29, 1.82) is 0 Å². The van der Waals surface area contributed by atoms with Crippen LogP contribution in [-0.2, 0) is 4.79 Å². The summed E-state index contributed by atoms with van der Waals surface area (Å²) in [7, 11) is 1.93. The Balaban J connectivity index is 1.65. The highest BCUT2D eigenvalue weighted by atomic mass is 16.2. The number of carbonyl (C=O) groups is 1. The van der Waals surface area contributed by atoms with Crippen molar-refractivity contribution >= 4 is 5.91 Å². The Hall–Kier alpha value is -0.570. The van der Waals surface area contributed by atoms with Gasteiger partial charge < -0.3 is 10.2 Å². The summed E-state index contributed by atoms with van der Waals surface area (Å²) >= 11 is 0. The first-order valence-corrected chi connectivity index (χ1v) is 6.17. The van der Waals surface area contributed by atoms with E-state index in [0.29, 0.717) is 18.6 Å². The first-order valence-electron chi connectivity index (χ1n) is 6.17. The molecule has 0 radical (unpaired) electrons. The Bertz CT molecular complexity index is 234. The van der Waals surface area contributed by atoms with Gasteiger partial charge in [0, 0.05) is 19.1 Å². The van der Waals surface area contributed by atoms with E-state index in [4.69, 9.17) is 0 Å². The molecule has 2 aliphatic rings. The molecule has 0 saturated heterocycles. The van der Waals surface area contributed by atoms with Gasteiger partial charge >= 0.3 is 0 Å². The molecule has 0 aromatic carbocycles. The number of carbonyl (C=O) groups excluding carboxylic acids is 1. The fraction of sp³-hybridized carbons (Fsp3) is 0.917. The number of nitrogens with one attached hydrogen (secondary N) is 1. The summed E-state index contributed by atoms with van der Waals surface area (Å²) in [6.45, 7) is 2.72. The topological polar surface area (TPSA) is 32.3 Å². The Morgan fingerprint density at radius 2 is 2.07 bits per heavy atom. The maximum absolute atomic E-state index is 11.7. The van der Waals surface area contributed by atoms with Gasteiger partial charge in [-0.25, -0.2) is 0 Å². The number of rotatable bonds is 5. The minimum Gasteiger partial charge on any atom is -0.342 e. The van der Waals surface area contributed by atoms with Crippen LogP contribution in [0.25, 0.3) is 0 Å². The van der Waals surface area contributed by atoms with Crippen molar-refractivity contribution in [3.8, 4) is 0 Å². The van der Waals surface area contributed by atoms with Crippen molar-refractivity contribution in [1.82, 2.24) is 10.2 Å². The van der Waals surface area contributed by atoms with E-state index in [1.54, 1.807) is 0 Å². The van der Waals surface area contributed by atoms with E-state index in [9.17, 15) is 4.79 Å². The van der Waals surface area contributed by atoms with Gasteiger partial charge in [-0.15, -0.1) is 0 Å². The molecule has 86 valence electrons. The Labute approximate surface area is 92.2 Å². The summed E-state index contributed by atoms with van der Waals surface area (Å²) in [4.78, 5) is 13.6. The van der Waals surface area contributed by atoms with Gasteiger partial charge in [0.15, 0.2) is 0 Å². The van der Waals surface area contributed by atoms with Crippen molar-refractivity contribution in [2.75, 3.05) is 13.6 Å². The lowest BCUT2D eigenvalue weighted by Gasteiger charge is -2.32. The highest BCUT2D eigenvalue weighted by Gasteiger charge is 2.30.